The maximum atomic E-state index is 11.8. The van der Waals surface area contributed by atoms with Gasteiger partial charge in [-0.2, -0.15) is 4.73 Å². The third-order valence-electron chi connectivity index (χ3n) is 1.91. The summed E-state index contributed by atoms with van der Waals surface area (Å²) in [7, 11) is 0. The van der Waals surface area contributed by atoms with Crippen molar-refractivity contribution in [2.24, 2.45) is 0 Å². The molecule has 0 atom stereocenters. The third kappa shape index (κ3) is 2.06. The zero-order valence-electron chi connectivity index (χ0n) is 19.0. The highest BCUT2D eigenvalue weighted by Gasteiger charge is 2.19. The summed E-state index contributed by atoms with van der Waals surface area (Å²) in [4.78, 5) is 11.8. The van der Waals surface area contributed by atoms with E-state index in [0.29, 0.717) is 0 Å². The third-order valence-corrected chi connectivity index (χ3v) is 1.91. The van der Waals surface area contributed by atoms with E-state index >= 15 is 0 Å². The topological polar surface area (TPSA) is 42.2 Å². The van der Waals surface area contributed by atoms with Crippen LogP contribution in [0.15, 0.2) is 16.9 Å². The lowest BCUT2D eigenvalue weighted by atomic mass is 9.86. The van der Waals surface area contributed by atoms with Crippen LogP contribution in [0.4, 0.5) is 0 Å². The van der Waals surface area contributed by atoms with Gasteiger partial charge in [0.1, 0.15) is 0 Å². The van der Waals surface area contributed by atoms with E-state index in [9.17, 15) is 10.0 Å². The van der Waals surface area contributed by atoms with Crippen LogP contribution in [0.5, 0.6) is 0 Å². The molecule has 1 aliphatic carbocycles. The van der Waals surface area contributed by atoms with Gasteiger partial charge in [0.2, 0.25) is 0 Å². The minimum atomic E-state index is -3.68. The Balaban J connectivity index is 3.06. The largest absolute Gasteiger partial charge is 0.425 e. The minimum absolute atomic E-state index is 0.100. The summed E-state index contributed by atoms with van der Waals surface area (Å²) in [6.07, 6.45) is -18.4. The smallest absolute Gasteiger partial charge is 0.283 e. The van der Waals surface area contributed by atoms with Crippen molar-refractivity contribution in [2.45, 2.75) is 44.7 Å². The SMILES string of the molecule is [2H]C1([2H])C([2H])([2H])C([2H])([2H])C([2H])(c2cc(C)cc(=O)n2O)C([2H])([2H])C1([2H])[2H]. The Morgan fingerprint density at radius 2 is 2.13 bits per heavy atom. The molecule has 2 rings (SSSR count). The molecule has 3 nitrogen and oxygen atoms in total. The number of pyridine rings is 1. The number of aryl methyl sites for hydroxylation is 1. The Labute approximate surface area is 105 Å². The summed E-state index contributed by atoms with van der Waals surface area (Å²) in [5.74, 6) is -3.50. The van der Waals surface area contributed by atoms with E-state index in [0.717, 1.165) is 12.1 Å². The Morgan fingerprint density at radius 3 is 2.80 bits per heavy atom. The monoisotopic (exact) mass is 218 g/mol. The second-order valence-electron chi connectivity index (χ2n) is 3.07. The highest BCUT2D eigenvalue weighted by Crippen LogP contribution is 2.31. The molecule has 1 aromatic heterocycles. The van der Waals surface area contributed by atoms with Crippen molar-refractivity contribution in [3.8, 4) is 0 Å². The quantitative estimate of drug-likeness (QED) is 0.736. The maximum Gasteiger partial charge on any atom is 0.283 e. The highest BCUT2D eigenvalue weighted by molar-refractivity contribution is 5.19. The van der Waals surface area contributed by atoms with Gasteiger partial charge in [-0.05, 0) is 31.3 Å². The fourth-order valence-corrected chi connectivity index (χ4v) is 1.25. The van der Waals surface area contributed by atoms with Gasteiger partial charge in [-0.25, -0.2) is 0 Å². The summed E-state index contributed by atoms with van der Waals surface area (Å²) >= 11 is 0. The van der Waals surface area contributed by atoms with Crippen molar-refractivity contribution in [1.82, 2.24) is 4.73 Å². The highest BCUT2D eigenvalue weighted by atomic mass is 16.5. The lowest BCUT2D eigenvalue weighted by Gasteiger charge is -2.22. The molecule has 0 bridgehead atoms. The predicted octanol–water partition coefficient (Wildman–Crippen LogP) is 2.44. The Kier molecular flexibility index (Phi) is 0.919. The second-order valence-corrected chi connectivity index (χ2v) is 3.07. The van der Waals surface area contributed by atoms with Gasteiger partial charge < -0.3 is 5.21 Å². The molecule has 1 fully saturated rings. The first kappa shape index (κ1) is 3.37. The molecule has 0 amide bonds. The van der Waals surface area contributed by atoms with Crippen LogP contribution in [0.25, 0.3) is 0 Å². The molecule has 1 N–H and O–H groups in total. The van der Waals surface area contributed by atoms with Gasteiger partial charge in [0, 0.05) is 27.0 Å². The number of nitrogens with zero attached hydrogens (tertiary/aromatic N) is 1. The van der Waals surface area contributed by atoms with E-state index in [-0.39, 0.29) is 10.3 Å². The normalized spacial score (nSPS) is 47.7. The van der Waals surface area contributed by atoms with E-state index < -0.39 is 49.0 Å². The summed E-state index contributed by atoms with van der Waals surface area (Å²) in [6.45, 7) is 1.34. The first-order valence-electron chi connectivity index (χ1n) is 9.76. The van der Waals surface area contributed by atoms with Crippen LogP contribution in [0.1, 0.15) is 64.1 Å². The van der Waals surface area contributed by atoms with Crippen molar-refractivity contribution in [3.05, 3.63) is 33.7 Å². The average molecular weight is 218 g/mol. The first-order chi connectivity index (χ1) is 11.3. The van der Waals surface area contributed by atoms with Gasteiger partial charge in [0.25, 0.3) is 5.56 Å². The van der Waals surface area contributed by atoms with Gasteiger partial charge in [0.15, 0.2) is 0 Å². The first-order valence-corrected chi connectivity index (χ1v) is 4.26. The fraction of sp³-hybridized carbons (Fsp3) is 0.583. The predicted molar refractivity (Wildman–Crippen MR) is 58.4 cm³/mol. The number of rotatable bonds is 1. The lowest BCUT2D eigenvalue weighted by molar-refractivity contribution is 0.156. The lowest BCUT2D eigenvalue weighted by Crippen LogP contribution is -2.23. The molecule has 82 valence electrons. The molecular formula is C12H17NO2. The molecular weight excluding hydrogens is 190 g/mol. The van der Waals surface area contributed by atoms with Crippen LogP contribution in [0.3, 0.4) is 0 Å². The van der Waals surface area contributed by atoms with E-state index in [1.165, 1.54) is 6.92 Å². The number of hydrogen-bond donors (Lipinski definition) is 1. The van der Waals surface area contributed by atoms with Crippen molar-refractivity contribution in [3.63, 3.8) is 0 Å². The van der Waals surface area contributed by atoms with Crippen LogP contribution >= 0.6 is 0 Å². The Bertz CT molecular complexity index is 784. The van der Waals surface area contributed by atoms with Crippen LogP contribution in [-0.4, -0.2) is 9.94 Å². The van der Waals surface area contributed by atoms with E-state index in [1.807, 2.05) is 0 Å². The molecule has 3 heteroatoms. The molecule has 0 saturated heterocycles. The van der Waals surface area contributed by atoms with Crippen LogP contribution in [0, 0.1) is 6.92 Å². The molecule has 1 heterocycles. The molecule has 1 aliphatic rings. The molecule has 1 aromatic rings. The van der Waals surface area contributed by atoms with Crippen molar-refractivity contribution < 1.29 is 20.3 Å². The van der Waals surface area contributed by atoms with Crippen LogP contribution in [-0.2, 0) is 0 Å². The Morgan fingerprint density at radius 1 is 1.47 bits per heavy atom. The summed E-state index contributed by atoms with van der Waals surface area (Å²) in [6, 6.07) is 1.78. The van der Waals surface area contributed by atoms with Crippen molar-refractivity contribution in [2.75, 3.05) is 0 Å². The van der Waals surface area contributed by atoms with Gasteiger partial charge in [-0.1, -0.05) is 19.1 Å². The summed E-state index contributed by atoms with van der Waals surface area (Å²) in [5, 5.41) is 9.99. The van der Waals surface area contributed by atoms with Crippen LogP contribution in [0.2, 0.25) is 0 Å². The fourth-order valence-electron chi connectivity index (χ4n) is 1.25. The number of aromatic nitrogens is 1. The summed E-state index contributed by atoms with van der Waals surface area (Å²) in [5.41, 5.74) is -2.06. The zero-order valence-corrected chi connectivity index (χ0v) is 7.96. The van der Waals surface area contributed by atoms with Crippen molar-refractivity contribution in [1.29, 1.82) is 0 Å². The Hall–Kier alpha value is -1.25. The van der Waals surface area contributed by atoms with Gasteiger partial charge in [-0.3, -0.25) is 4.79 Å². The molecule has 0 aromatic carbocycles. The van der Waals surface area contributed by atoms with E-state index in [2.05, 4.69) is 0 Å². The minimum Gasteiger partial charge on any atom is -0.425 e. The second kappa shape index (κ2) is 4.09. The average Bonchev–Trinajstić information content (AvgIpc) is 2.47. The summed E-state index contributed by atoms with van der Waals surface area (Å²) < 4.78 is 87.5. The van der Waals surface area contributed by atoms with E-state index in [4.69, 9.17) is 15.1 Å². The zero-order chi connectivity index (χ0) is 20.7. The molecule has 0 spiro atoms. The van der Waals surface area contributed by atoms with Gasteiger partial charge in [-0.15, -0.1) is 0 Å². The maximum absolute atomic E-state index is 11.8. The molecule has 0 unspecified atom stereocenters. The molecule has 0 radical (unpaired) electrons. The van der Waals surface area contributed by atoms with Gasteiger partial charge >= 0.3 is 0 Å². The van der Waals surface area contributed by atoms with E-state index in [1.54, 1.807) is 0 Å². The molecule has 15 heavy (non-hydrogen) atoms. The number of hydrogen-bond acceptors (Lipinski definition) is 2. The van der Waals surface area contributed by atoms with Crippen molar-refractivity contribution >= 4 is 0 Å². The molecule has 0 aliphatic heterocycles. The van der Waals surface area contributed by atoms with Gasteiger partial charge in [0.05, 0.1) is 5.69 Å². The standard InChI is InChI=1S/C12H17NO2/c1-9-7-11(13(15)12(14)8-9)10-5-3-2-4-6-10/h7-8,10,15H,2-6H2,1H3/i2D2,3D2,4D2,5D2,6D2,10D. The van der Waals surface area contributed by atoms with Crippen LogP contribution < -0.4 is 5.56 Å². The molecule has 1 saturated carbocycles.